The van der Waals surface area contributed by atoms with Crippen LogP contribution in [0.15, 0.2) is 73.2 Å². The van der Waals surface area contributed by atoms with Gasteiger partial charge in [0.25, 0.3) is 0 Å². The second-order valence-corrected chi connectivity index (χ2v) is 50.5. The van der Waals surface area contributed by atoms with Gasteiger partial charge in [-0.2, -0.15) is 32.1 Å². The van der Waals surface area contributed by atoms with Gasteiger partial charge in [-0.1, -0.05) is 114 Å². The smallest absolute Gasteiger partial charge is 0.362 e. The normalized spacial score (nSPS) is 24.1. The number of halogens is 1. The van der Waals surface area contributed by atoms with Crippen molar-refractivity contribution in [2.24, 2.45) is 73.1 Å². The van der Waals surface area contributed by atoms with Crippen molar-refractivity contribution in [3.8, 4) is 29.0 Å². The summed E-state index contributed by atoms with van der Waals surface area (Å²) in [6.45, 7) is 41.6. The summed E-state index contributed by atoms with van der Waals surface area (Å²) in [4.78, 5) is 164. The van der Waals surface area contributed by atoms with E-state index in [1.54, 1.807) is 140 Å². The van der Waals surface area contributed by atoms with Gasteiger partial charge in [0.05, 0.1) is 142 Å². The minimum atomic E-state index is -4.41. The predicted molar refractivity (Wildman–Crippen MR) is 553 cm³/mol. The fourth-order valence-corrected chi connectivity index (χ4v) is 21.9. The number of nitrogens with two attached hydrogens (primary N) is 1. The van der Waals surface area contributed by atoms with E-state index in [-0.39, 0.29) is 130 Å². The highest BCUT2D eigenvalue weighted by Crippen LogP contribution is 2.61. The molecule has 0 unspecified atom stereocenters. The number of carbonyl (C=O) groups is 12. The number of esters is 3. The number of aliphatic hydroxyl groups excluding tert-OH is 1. The predicted octanol–water partition coefficient (Wildman–Crippen LogP) is 14.4. The Balaban J connectivity index is 0.000000211. The monoisotopic (exact) mass is 2150 g/mol. The molecule has 6 heterocycles. The Labute approximate surface area is 883 Å². The number of β-amino-alcohol motifs (C(OH)–C–C–N with tert-alkyl or cyclic N) is 1. The van der Waals surface area contributed by atoms with Gasteiger partial charge in [0.15, 0.2) is 22.5 Å². The van der Waals surface area contributed by atoms with Gasteiger partial charge in [0.1, 0.15) is 46.3 Å². The van der Waals surface area contributed by atoms with Crippen LogP contribution in [0.2, 0.25) is 5.15 Å². The van der Waals surface area contributed by atoms with E-state index in [1.807, 2.05) is 113 Å². The van der Waals surface area contributed by atoms with Crippen molar-refractivity contribution in [2.75, 3.05) is 41.0 Å². The summed E-state index contributed by atoms with van der Waals surface area (Å²) in [7, 11) is -3.38. The number of ether oxygens (including phenoxy) is 8. The van der Waals surface area contributed by atoms with Crippen LogP contribution in [-0.2, 0) is 101 Å². The van der Waals surface area contributed by atoms with Crippen LogP contribution in [0.4, 0.5) is 0 Å². The molecule has 3 aromatic heterocycles. The number of carboxylic acids is 2. The third-order valence-corrected chi connectivity index (χ3v) is 30.9. The lowest BCUT2D eigenvalue weighted by Gasteiger charge is -2.35. The molecule has 6 N–H and O–H groups in total. The highest BCUT2D eigenvalue weighted by molar-refractivity contribution is 7.85. The van der Waals surface area contributed by atoms with E-state index in [0.29, 0.717) is 78.8 Å². The second-order valence-electron chi connectivity index (χ2n) is 47.7. The molecule has 15 atom stereocenters. The van der Waals surface area contributed by atoms with Crippen LogP contribution in [0, 0.1) is 68.0 Å². The van der Waals surface area contributed by atoms with Gasteiger partial charge in [-0.3, -0.25) is 61.7 Å². The van der Waals surface area contributed by atoms with Crippen LogP contribution in [0.5, 0.6) is 29.0 Å². The van der Waals surface area contributed by atoms with Crippen molar-refractivity contribution in [2.45, 2.75) is 346 Å². The van der Waals surface area contributed by atoms with Crippen LogP contribution in [0.1, 0.15) is 281 Å². The molecule has 150 heavy (non-hydrogen) atoms. The molecule has 8 fully saturated rings. The van der Waals surface area contributed by atoms with Crippen molar-refractivity contribution in [3.05, 3.63) is 78.3 Å². The zero-order chi connectivity index (χ0) is 112. The average Bonchev–Trinajstić information content (AvgIpc) is 1.58. The van der Waals surface area contributed by atoms with E-state index < -0.39 is 183 Å². The minimum Gasteiger partial charge on any atom is -0.497 e. The molecular weight excluding hydrogens is 2000 g/mol. The number of benzene rings is 3. The van der Waals surface area contributed by atoms with Crippen molar-refractivity contribution in [1.82, 2.24) is 50.0 Å². The summed E-state index contributed by atoms with van der Waals surface area (Å²) < 4.78 is 103. The summed E-state index contributed by atoms with van der Waals surface area (Å²) in [5, 5.41) is 63.6. The number of aliphatic hydroxyl groups is 1. The number of hydrogen-bond donors (Lipinski definition) is 5. The summed E-state index contributed by atoms with van der Waals surface area (Å²) in [5.41, 5.74) is -8.85. The summed E-state index contributed by atoms with van der Waals surface area (Å²) in [6.07, 6.45) is 7.65. The summed E-state index contributed by atoms with van der Waals surface area (Å²) in [5.74, 6) is -6.75. The van der Waals surface area contributed by atoms with Crippen LogP contribution < -0.4 is 33.5 Å². The first kappa shape index (κ1) is 121. The lowest BCUT2D eigenvalue weighted by atomic mass is 9.77. The largest absolute Gasteiger partial charge is 0.497 e. The van der Waals surface area contributed by atoms with E-state index in [1.165, 1.54) is 14.7 Å². The van der Waals surface area contributed by atoms with E-state index in [0.717, 1.165) is 40.1 Å². The molecule has 14 rings (SSSR count). The van der Waals surface area contributed by atoms with Gasteiger partial charge in [0.2, 0.25) is 35.4 Å². The number of Topliss-reactive ketones (excluding diaryl/α,β-unsaturated/α-hetero) is 3. The number of methoxy groups -OCH3 is 3. The highest BCUT2D eigenvalue weighted by atomic mass is 35.5. The van der Waals surface area contributed by atoms with Gasteiger partial charge in [-0.05, 0) is 210 Å². The van der Waals surface area contributed by atoms with E-state index in [9.17, 15) is 89.7 Å². The van der Waals surface area contributed by atoms with Gasteiger partial charge in [-0.15, -0.1) is 15.3 Å². The average molecular weight is 2160 g/mol. The molecule has 5 aliphatic carbocycles. The topological polar surface area (TPSA) is 551 Å². The number of carbonyl (C=O) groups excluding carboxylic acids is 10. The quantitative estimate of drug-likeness (QED) is 0.0180. The number of aliphatic carboxylic acids is 2. The molecule has 828 valence electrons. The Morgan fingerprint density at radius 3 is 1.06 bits per heavy atom. The maximum atomic E-state index is 14.5. The van der Waals surface area contributed by atoms with Gasteiger partial charge >= 0.3 is 50.5 Å². The lowest BCUT2D eigenvalue weighted by molar-refractivity contribution is -0.161. The standard InChI is InChI=1S/C37H52N4O10S.C33H45N3O8.C24H39NO7.C9H7ClN2O.C4H9NO3S/c1-10-23-18-37(23,33(45)40-52(46,47)51-36(8)13-14-36)19-29(42)28-16-25(49-31-26-12-11-24(48-9)15-22(26)20-38-39-31)21-41(28)32(44)27(34(2,3)4)17-30(43)50-35(5,6)7;1-9-20-15-33(20,30(40)41)16-26(37)25-13-22(43-28-23-11-10-21(42-8)12-19(23)17-34-35-28)18-36(25)29(39)24(31(2,3)4)14-27(38)44-32(5,6)7;1-8-14-11-24(14,21(30)31)12-18(27)17-9-15(26)13-25(17)20(29)16(22(2,3)4)10-19(28)32-23(5,6)7;1-13-7-2-3-8-6(4-7)5-11-12-9(8)10;1-4(2-3-4)8-9(5,6)7/h11-12,15,20,23,25,27-28H,10,13-14,16-19,21H2,1-9H3,(H,40,45);10-12,17,20,22,24-25H,9,13-16,18H2,1-8H3,(H,40,41);14-17,26H,8-13H2,1-7H3,(H,30,31);2-5H,1H3;2-3H2,1H3,(H2,5,6,7)/t23-,25-,27-,28+,37-;20-,22-,24-,25+,33-;14-,15-,16-,17+,24-;;/m111../s1. The Morgan fingerprint density at radius 2 is 0.760 bits per heavy atom. The van der Waals surface area contributed by atoms with Crippen LogP contribution >= 0.6 is 11.6 Å². The molecule has 5 saturated carbocycles. The first-order valence-electron chi connectivity index (χ1n) is 51.0. The first-order chi connectivity index (χ1) is 69.3. The van der Waals surface area contributed by atoms with Crippen molar-refractivity contribution in [3.63, 3.8) is 0 Å². The molecule has 0 spiro atoms. The zero-order valence-electron chi connectivity index (χ0n) is 91.2. The molecule has 0 radical (unpaired) electrons. The van der Waals surface area contributed by atoms with Crippen LogP contribution in [0.25, 0.3) is 32.3 Å². The maximum Gasteiger partial charge on any atom is 0.362 e. The fourth-order valence-electron chi connectivity index (χ4n) is 19.8. The SMILES string of the molecule is CC1(OS(N)(=O)=O)CC1.CC[C@@H]1C[C@]1(CC(=O)[C@@H]1C[C@@H](O)CN1C(=O)[C@@H](CC(=O)OC(C)(C)C)C(C)(C)C)C(=O)O.CC[C@@H]1C[C@]1(CC(=O)[C@@H]1C[C@@H](Oc2nncc3cc(OC)ccc23)CN1C(=O)[C@@H](CC(=O)OC(C)(C)C)C(C)(C)C)C(=O)NS(=O)(=O)OC1(C)CC1.CC[C@@H]1C[C@]1(CC(=O)[C@@H]1C[C@@H](Oc2nncc3cc(OC)ccc23)CN1C(=O)[C@@H](CC(=O)OC(C)(C)C)C(C)(C)C)C(=O)O.COc1ccc2c(Cl)nncc2c1. The number of fused-ring (bicyclic) bond motifs is 3. The molecule has 3 aliphatic heterocycles. The minimum absolute atomic E-state index is 0.00155. The van der Waals surface area contributed by atoms with Crippen LogP contribution in [0.3, 0.4) is 0 Å². The molecule has 3 aromatic carbocycles. The molecular formula is C107H152ClN11O29S2. The Morgan fingerprint density at radius 1 is 0.453 bits per heavy atom. The summed E-state index contributed by atoms with van der Waals surface area (Å²) >= 11 is 5.84. The van der Waals surface area contributed by atoms with Crippen molar-refractivity contribution in [1.29, 1.82) is 0 Å². The highest BCUT2D eigenvalue weighted by Gasteiger charge is 2.65. The van der Waals surface area contributed by atoms with Crippen molar-refractivity contribution < 1.29 is 136 Å². The lowest BCUT2D eigenvalue weighted by Crippen LogP contribution is -2.49. The number of carboxylic acid groups (broad SMARTS) is 2. The first-order valence-corrected chi connectivity index (χ1v) is 54.3. The maximum absolute atomic E-state index is 14.5. The molecule has 43 heteroatoms. The number of nitrogens with one attached hydrogen (secondary N) is 1. The Bertz CT molecular complexity index is 6240. The van der Waals surface area contributed by atoms with E-state index >= 15 is 0 Å². The molecule has 3 saturated heterocycles. The number of nitrogens with zero attached hydrogens (tertiary/aromatic N) is 9. The second kappa shape index (κ2) is 46.9. The molecule has 6 aromatic rings. The number of hydrogen-bond acceptors (Lipinski definition) is 33. The third kappa shape index (κ3) is 31.8. The number of likely N-dealkylation sites (tertiary alicyclic amines) is 3. The molecule has 0 bridgehead atoms. The van der Waals surface area contributed by atoms with Gasteiger partial charge in [-0.25, -0.2) is 14.0 Å². The van der Waals surface area contributed by atoms with Crippen LogP contribution in [-0.4, -0.2) is 254 Å². The van der Waals surface area contributed by atoms with Gasteiger partial charge in [0, 0.05) is 77.4 Å². The number of rotatable bonds is 36. The van der Waals surface area contributed by atoms with E-state index in [4.69, 9.17) is 53.7 Å². The number of ketones is 3. The zero-order valence-corrected chi connectivity index (χ0v) is 93.6. The number of amides is 4. The van der Waals surface area contributed by atoms with Gasteiger partial charge < -0.3 is 67.9 Å². The summed E-state index contributed by atoms with van der Waals surface area (Å²) in [6, 6.07) is 13.5. The van der Waals surface area contributed by atoms with Crippen molar-refractivity contribution >= 4 is 135 Å². The molecule has 8 aliphatic rings. The third-order valence-electron chi connectivity index (χ3n) is 28.9. The molecule has 40 nitrogen and oxygen atoms in total. The number of aromatic nitrogens is 6. The molecule has 4 amide bonds. The Hall–Kier alpha value is -11.1. The Kier molecular flexibility index (Phi) is 37.7. The van der Waals surface area contributed by atoms with E-state index in [2.05, 4.69) is 44.6 Å². The fraction of sp³-hybridized carbons (Fsp3) is 0.664.